The van der Waals surface area contributed by atoms with Crippen molar-refractivity contribution in [3.05, 3.63) is 59.7 Å². The molecule has 6 heteroatoms. The van der Waals surface area contributed by atoms with E-state index in [2.05, 4.69) is 9.97 Å². The molecule has 0 aliphatic carbocycles. The third-order valence-corrected chi connectivity index (χ3v) is 2.82. The van der Waals surface area contributed by atoms with E-state index < -0.39 is 11.9 Å². The Balaban J connectivity index is 2.30. The molecule has 19 heavy (non-hydrogen) atoms. The maximum absolute atomic E-state index is 12.4. The lowest BCUT2D eigenvalue weighted by molar-refractivity contribution is -0.141. The zero-order chi connectivity index (χ0) is 13.9. The Morgan fingerprint density at radius 3 is 2.21 bits per heavy atom. The van der Waals surface area contributed by atoms with Gasteiger partial charge in [0, 0.05) is 31.1 Å². The summed E-state index contributed by atoms with van der Waals surface area (Å²) >= 11 is 0. The standard InChI is InChI=1S/C13H12F3N3/c14-13(15,16)12-2-1-10(8-19-12)11(7-17)9-3-5-18-6-4-9/h1-6,8,11H,7,17H2. The van der Waals surface area contributed by atoms with E-state index in [0.29, 0.717) is 5.56 Å². The van der Waals surface area contributed by atoms with E-state index in [1.54, 1.807) is 24.5 Å². The van der Waals surface area contributed by atoms with Crippen molar-refractivity contribution >= 4 is 0 Å². The van der Waals surface area contributed by atoms with Crippen LogP contribution in [-0.4, -0.2) is 16.5 Å². The average molecular weight is 267 g/mol. The minimum absolute atomic E-state index is 0.183. The van der Waals surface area contributed by atoms with Gasteiger partial charge < -0.3 is 5.73 Å². The van der Waals surface area contributed by atoms with Crippen molar-refractivity contribution in [2.24, 2.45) is 5.73 Å². The highest BCUT2D eigenvalue weighted by Crippen LogP contribution is 2.29. The third-order valence-electron chi connectivity index (χ3n) is 2.82. The van der Waals surface area contributed by atoms with Crippen molar-refractivity contribution in [1.82, 2.24) is 9.97 Å². The normalized spacial score (nSPS) is 13.3. The van der Waals surface area contributed by atoms with Crippen LogP contribution in [0.2, 0.25) is 0 Å². The predicted molar refractivity (Wildman–Crippen MR) is 64.4 cm³/mol. The minimum Gasteiger partial charge on any atom is -0.330 e. The first kappa shape index (κ1) is 13.5. The molecule has 0 aliphatic rings. The van der Waals surface area contributed by atoms with Gasteiger partial charge in [0.1, 0.15) is 5.69 Å². The first-order valence-electron chi connectivity index (χ1n) is 5.65. The topological polar surface area (TPSA) is 51.8 Å². The van der Waals surface area contributed by atoms with Crippen LogP contribution in [0.25, 0.3) is 0 Å². The molecule has 3 nitrogen and oxygen atoms in total. The van der Waals surface area contributed by atoms with Crippen LogP contribution in [0.1, 0.15) is 22.7 Å². The summed E-state index contributed by atoms with van der Waals surface area (Å²) in [5, 5.41) is 0. The summed E-state index contributed by atoms with van der Waals surface area (Å²) in [5.74, 6) is -0.183. The first-order chi connectivity index (χ1) is 9.02. The molecule has 1 unspecified atom stereocenters. The summed E-state index contributed by atoms with van der Waals surface area (Å²) in [5.41, 5.74) is 6.35. The van der Waals surface area contributed by atoms with Crippen LogP contribution in [0.15, 0.2) is 42.9 Å². The molecule has 100 valence electrons. The quantitative estimate of drug-likeness (QED) is 0.930. The molecular weight excluding hydrogens is 255 g/mol. The highest BCUT2D eigenvalue weighted by atomic mass is 19.4. The fourth-order valence-electron chi connectivity index (χ4n) is 1.84. The van der Waals surface area contributed by atoms with Crippen molar-refractivity contribution in [1.29, 1.82) is 0 Å². The summed E-state index contributed by atoms with van der Waals surface area (Å²) in [7, 11) is 0. The van der Waals surface area contributed by atoms with E-state index in [1.165, 1.54) is 12.3 Å². The van der Waals surface area contributed by atoms with Gasteiger partial charge in [-0.05, 0) is 29.3 Å². The maximum Gasteiger partial charge on any atom is 0.433 e. The molecule has 2 N–H and O–H groups in total. The van der Waals surface area contributed by atoms with Gasteiger partial charge in [0.2, 0.25) is 0 Å². The van der Waals surface area contributed by atoms with Crippen LogP contribution < -0.4 is 5.73 Å². The Labute approximate surface area is 108 Å². The van der Waals surface area contributed by atoms with Crippen LogP contribution in [0, 0.1) is 0 Å². The van der Waals surface area contributed by atoms with Gasteiger partial charge in [-0.3, -0.25) is 9.97 Å². The average Bonchev–Trinajstić information content (AvgIpc) is 2.40. The molecule has 0 spiro atoms. The number of hydrogen-bond acceptors (Lipinski definition) is 3. The van der Waals surface area contributed by atoms with E-state index in [4.69, 9.17) is 5.73 Å². The van der Waals surface area contributed by atoms with Gasteiger partial charge >= 0.3 is 6.18 Å². The van der Waals surface area contributed by atoms with Gasteiger partial charge in [0.25, 0.3) is 0 Å². The van der Waals surface area contributed by atoms with Gasteiger partial charge in [0.15, 0.2) is 0 Å². The molecule has 0 radical (unpaired) electrons. The van der Waals surface area contributed by atoms with E-state index in [-0.39, 0.29) is 12.5 Å². The molecule has 0 bridgehead atoms. The van der Waals surface area contributed by atoms with Crippen LogP contribution in [0.5, 0.6) is 0 Å². The van der Waals surface area contributed by atoms with Crippen LogP contribution in [-0.2, 0) is 6.18 Å². The Morgan fingerprint density at radius 1 is 1.05 bits per heavy atom. The van der Waals surface area contributed by atoms with E-state index in [0.717, 1.165) is 11.6 Å². The van der Waals surface area contributed by atoms with Gasteiger partial charge in [0.05, 0.1) is 0 Å². The second-order valence-electron chi connectivity index (χ2n) is 4.04. The molecular formula is C13H12F3N3. The molecule has 0 aromatic carbocycles. The summed E-state index contributed by atoms with van der Waals surface area (Å²) in [6, 6.07) is 5.96. The summed E-state index contributed by atoms with van der Waals surface area (Å²) in [4.78, 5) is 7.35. The number of aromatic nitrogens is 2. The van der Waals surface area contributed by atoms with Gasteiger partial charge in [-0.2, -0.15) is 13.2 Å². The third kappa shape index (κ3) is 3.08. The minimum atomic E-state index is -4.42. The molecule has 0 fully saturated rings. The molecule has 0 amide bonds. The maximum atomic E-state index is 12.4. The van der Waals surface area contributed by atoms with Crippen LogP contribution in [0.3, 0.4) is 0 Å². The lowest BCUT2D eigenvalue weighted by atomic mass is 9.93. The number of rotatable bonds is 3. The molecule has 0 saturated heterocycles. The number of pyridine rings is 2. The second-order valence-corrected chi connectivity index (χ2v) is 4.04. The Kier molecular flexibility index (Phi) is 3.80. The fourth-order valence-corrected chi connectivity index (χ4v) is 1.84. The molecule has 2 aromatic rings. The summed E-state index contributed by atoms with van der Waals surface area (Å²) < 4.78 is 37.3. The summed E-state index contributed by atoms with van der Waals surface area (Å²) in [6.45, 7) is 0.289. The number of nitrogens with two attached hydrogens (primary N) is 1. The lowest BCUT2D eigenvalue weighted by Crippen LogP contribution is -2.15. The smallest absolute Gasteiger partial charge is 0.330 e. The largest absolute Gasteiger partial charge is 0.433 e. The Hall–Kier alpha value is -1.95. The SMILES string of the molecule is NCC(c1ccncc1)c1ccc(C(F)(F)F)nc1. The van der Waals surface area contributed by atoms with Crippen LogP contribution >= 0.6 is 0 Å². The van der Waals surface area contributed by atoms with Gasteiger partial charge in [-0.25, -0.2) is 0 Å². The monoisotopic (exact) mass is 267 g/mol. The zero-order valence-corrected chi connectivity index (χ0v) is 9.93. The lowest BCUT2D eigenvalue weighted by Gasteiger charge is -2.15. The number of halogens is 3. The van der Waals surface area contributed by atoms with Crippen molar-refractivity contribution in [2.45, 2.75) is 12.1 Å². The van der Waals surface area contributed by atoms with Crippen molar-refractivity contribution in [3.63, 3.8) is 0 Å². The molecule has 2 heterocycles. The van der Waals surface area contributed by atoms with E-state index in [9.17, 15) is 13.2 Å². The van der Waals surface area contributed by atoms with Crippen molar-refractivity contribution < 1.29 is 13.2 Å². The molecule has 0 saturated carbocycles. The van der Waals surface area contributed by atoms with Crippen molar-refractivity contribution in [2.75, 3.05) is 6.54 Å². The van der Waals surface area contributed by atoms with Gasteiger partial charge in [-0.1, -0.05) is 6.07 Å². The number of alkyl halides is 3. The fraction of sp³-hybridized carbons (Fsp3) is 0.231. The van der Waals surface area contributed by atoms with E-state index in [1.807, 2.05) is 0 Å². The number of nitrogens with zero attached hydrogens (tertiary/aromatic N) is 2. The highest BCUT2D eigenvalue weighted by molar-refractivity contribution is 5.31. The second kappa shape index (κ2) is 5.36. The van der Waals surface area contributed by atoms with E-state index >= 15 is 0 Å². The molecule has 2 rings (SSSR count). The number of hydrogen-bond donors (Lipinski definition) is 1. The molecule has 1 atom stereocenters. The zero-order valence-electron chi connectivity index (χ0n) is 9.93. The Morgan fingerprint density at radius 2 is 1.74 bits per heavy atom. The van der Waals surface area contributed by atoms with Gasteiger partial charge in [-0.15, -0.1) is 0 Å². The van der Waals surface area contributed by atoms with Crippen LogP contribution in [0.4, 0.5) is 13.2 Å². The Bertz CT molecular complexity index is 523. The first-order valence-corrected chi connectivity index (χ1v) is 5.65. The van der Waals surface area contributed by atoms with Crippen molar-refractivity contribution in [3.8, 4) is 0 Å². The molecule has 0 aliphatic heterocycles. The predicted octanol–water partition coefficient (Wildman–Crippen LogP) is 2.59. The highest BCUT2D eigenvalue weighted by Gasteiger charge is 2.32. The molecule has 2 aromatic heterocycles. The summed E-state index contributed by atoms with van der Waals surface area (Å²) in [6.07, 6.45) is 0.0409.